The van der Waals surface area contributed by atoms with E-state index >= 15 is 0 Å². The van der Waals surface area contributed by atoms with E-state index in [4.69, 9.17) is 16.3 Å². The maximum atomic E-state index is 13.2. The summed E-state index contributed by atoms with van der Waals surface area (Å²) >= 11 is 6.04. The maximum Gasteiger partial charge on any atom is 0.294 e. The van der Waals surface area contributed by atoms with Gasteiger partial charge in [0.05, 0.1) is 18.3 Å². The Labute approximate surface area is 190 Å². The van der Waals surface area contributed by atoms with Gasteiger partial charge in [-0.25, -0.2) is 9.67 Å². The zero-order valence-electron chi connectivity index (χ0n) is 18.0. The van der Waals surface area contributed by atoms with E-state index in [1.54, 1.807) is 53.4 Å². The monoisotopic (exact) mass is 454 g/mol. The van der Waals surface area contributed by atoms with Gasteiger partial charge in [-0.3, -0.25) is 14.6 Å². The van der Waals surface area contributed by atoms with Crippen molar-refractivity contribution in [1.29, 1.82) is 0 Å². The number of carbonyl (C=O) groups excluding carboxylic acids is 2. The molecule has 0 aliphatic carbocycles. The number of piperazine rings is 1. The van der Waals surface area contributed by atoms with E-state index in [-0.39, 0.29) is 17.6 Å². The van der Waals surface area contributed by atoms with Gasteiger partial charge in [0, 0.05) is 36.9 Å². The van der Waals surface area contributed by atoms with E-state index < -0.39 is 5.54 Å². The lowest BCUT2D eigenvalue weighted by atomic mass is 9.98. The molecule has 9 nitrogen and oxygen atoms in total. The van der Waals surface area contributed by atoms with Crippen LogP contribution in [0.1, 0.15) is 35.0 Å². The number of rotatable bonds is 4. The van der Waals surface area contributed by atoms with Gasteiger partial charge in [0.2, 0.25) is 5.82 Å². The third-order valence-corrected chi connectivity index (χ3v) is 5.61. The summed E-state index contributed by atoms with van der Waals surface area (Å²) in [6, 6.07) is 10.4. The molecule has 0 spiro atoms. The van der Waals surface area contributed by atoms with Gasteiger partial charge >= 0.3 is 0 Å². The van der Waals surface area contributed by atoms with Gasteiger partial charge in [-0.15, -0.1) is 5.10 Å². The average Bonchev–Trinajstić information content (AvgIpc) is 3.28. The smallest absolute Gasteiger partial charge is 0.294 e. The molecule has 3 aromatic rings. The Bertz CT molecular complexity index is 1160. The zero-order chi connectivity index (χ0) is 22.9. The van der Waals surface area contributed by atoms with E-state index in [1.807, 2.05) is 19.9 Å². The standard InChI is InChI=1S/C22H23ClN6O3/c1-22(2)13-27(20(30)18-12-17(32-3)7-8-24-18)9-10-28(22)21(31)19-25-14-29(26-19)16-6-4-5-15(23)11-16/h4-8,11-12,14H,9-10,13H2,1-3H3. The van der Waals surface area contributed by atoms with Crippen LogP contribution in [-0.2, 0) is 0 Å². The molecule has 0 atom stereocenters. The predicted molar refractivity (Wildman–Crippen MR) is 118 cm³/mol. The fraction of sp³-hybridized carbons (Fsp3) is 0.318. The molecule has 2 aromatic heterocycles. The van der Waals surface area contributed by atoms with Crippen molar-refractivity contribution in [3.8, 4) is 11.4 Å². The number of pyridine rings is 1. The molecule has 1 aliphatic rings. The van der Waals surface area contributed by atoms with Crippen molar-refractivity contribution in [3.63, 3.8) is 0 Å². The number of hydrogen-bond acceptors (Lipinski definition) is 6. The summed E-state index contributed by atoms with van der Waals surface area (Å²) in [6.07, 6.45) is 3.03. The fourth-order valence-corrected chi connectivity index (χ4v) is 3.93. The summed E-state index contributed by atoms with van der Waals surface area (Å²) in [5, 5.41) is 4.90. The second-order valence-electron chi connectivity index (χ2n) is 8.07. The molecule has 2 amide bonds. The van der Waals surface area contributed by atoms with E-state index in [1.165, 1.54) is 11.0 Å². The molecule has 4 rings (SSSR count). The molecule has 0 radical (unpaired) electrons. The number of hydrogen-bond donors (Lipinski definition) is 0. The van der Waals surface area contributed by atoms with Gasteiger partial charge in [-0.1, -0.05) is 17.7 Å². The number of amides is 2. The lowest BCUT2D eigenvalue weighted by Gasteiger charge is -2.46. The Morgan fingerprint density at radius 2 is 1.91 bits per heavy atom. The molecule has 0 bridgehead atoms. The van der Waals surface area contributed by atoms with E-state index in [9.17, 15) is 9.59 Å². The summed E-state index contributed by atoms with van der Waals surface area (Å²) in [4.78, 5) is 37.9. The molecule has 1 saturated heterocycles. The Hall–Kier alpha value is -3.46. The number of methoxy groups -OCH3 is 1. The molecule has 1 aromatic carbocycles. The number of aromatic nitrogens is 4. The first-order chi connectivity index (χ1) is 15.3. The van der Waals surface area contributed by atoms with Crippen LogP contribution in [0, 0.1) is 0 Å². The highest BCUT2D eigenvalue weighted by Crippen LogP contribution is 2.24. The third kappa shape index (κ3) is 4.29. The van der Waals surface area contributed by atoms with Crippen molar-refractivity contribution in [3.05, 3.63) is 65.5 Å². The first-order valence-corrected chi connectivity index (χ1v) is 10.5. The van der Waals surface area contributed by atoms with Crippen LogP contribution in [0.3, 0.4) is 0 Å². The normalized spacial score (nSPS) is 15.5. The van der Waals surface area contributed by atoms with E-state index in [0.29, 0.717) is 41.8 Å². The van der Waals surface area contributed by atoms with Gasteiger partial charge in [-0.2, -0.15) is 0 Å². The maximum absolute atomic E-state index is 13.2. The van der Waals surface area contributed by atoms with Gasteiger partial charge in [0.1, 0.15) is 17.8 Å². The predicted octanol–water partition coefficient (Wildman–Crippen LogP) is 2.70. The SMILES string of the molecule is COc1ccnc(C(=O)N2CCN(C(=O)c3ncn(-c4cccc(Cl)c4)n3)C(C)(C)C2)c1. The van der Waals surface area contributed by atoms with Crippen LogP contribution >= 0.6 is 11.6 Å². The van der Waals surface area contributed by atoms with Crippen LogP contribution in [0.25, 0.3) is 5.69 Å². The second kappa shape index (κ2) is 8.58. The highest BCUT2D eigenvalue weighted by Gasteiger charge is 2.40. The van der Waals surface area contributed by atoms with Crippen LogP contribution in [-0.4, -0.2) is 73.6 Å². The largest absolute Gasteiger partial charge is 0.497 e. The van der Waals surface area contributed by atoms with Crippen LogP contribution < -0.4 is 4.74 Å². The summed E-state index contributed by atoms with van der Waals surface area (Å²) in [5.74, 6) is 0.167. The summed E-state index contributed by atoms with van der Waals surface area (Å²) < 4.78 is 6.70. The van der Waals surface area contributed by atoms with E-state index in [0.717, 1.165) is 0 Å². The number of nitrogens with zero attached hydrogens (tertiary/aromatic N) is 6. The number of carbonyl (C=O) groups is 2. The highest BCUT2D eigenvalue weighted by molar-refractivity contribution is 6.30. The van der Waals surface area contributed by atoms with Crippen LogP contribution in [0.15, 0.2) is 48.9 Å². The Morgan fingerprint density at radius 1 is 1.09 bits per heavy atom. The summed E-state index contributed by atoms with van der Waals surface area (Å²) in [5.41, 5.74) is 0.400. The van der Waals surface area contributed by atoms with Crippen LogP contribution in [0.5, 0.6) is 5.75 Å². The molecular weight excluding hydrogens is 432 g/mol. The van der Waals surface area contributed by atoms with Gasteiger partial charge in [-0.05, 0) is 38.1 Å². The van der Waals surface area contributed by atoms with Crippen LogP contribution in [0.2, 0.25) is 5.02 Å². The first-order valence-electron chi connectivity index (χ1n) is 10.1. The minimum Gasteiger partial charge on any atom is -0.497 e. The molecule has 10 heteroatoms. The zero-order valence-corrected chi connectivity index (χ0v) is 18.8. The van der Waals surface area contributed by atoms with Crippen LogP contribution in [0.4, 0.5) is 0 Å². The van der Waals surface area contributed by atoms with Crippen molar-refractivity contribution >= 4 is 23.4 Å². The van der Waals surface area contributed by atoms with Gasteiger partial charge in [0.15, 0.2) is 0 Å². The lowest BCUT2D eigenvalue weighted by molar-refractivity contribution is 0.0158. The van der Waals surface area contributed by atoms with Gasteiger partial charge < -0.3 is 14.5 Å². The van der Waals surface area contributed by atoms with Crippen molar-refractivity contribution in [2.45, 2.75) is 19.4 Å². The lowest BCUT2D eigenvalue weighted by Crippen LogP contribution is -2.62. The molecular formula is C22H23ClN6O3. The average molecular weight is 455 g/mol. The minimum absolute atomic E-state index is 0.0901. The topological polar surface area (TPSA) is 93.5 Å². The molecule has 0 unspecified atom stereocenters. The van der Waals surface area contributed by atoms with Gasteiger partial charge in [0.25, 0.3) is 11.8 Å². The quantitative estimate of drug-likeness (QED) is 0.601. The van der Waals surface area contributed by atoms with Crippen molar-refractivity contribution in [2.75, 3.05) is 26.7 Å². The molecule has 1 fully saturated rings. The highest BCUT2D eigenvalue weighted by atomic mass is 35.5. The molecule has 0 N–H and O–H groups in total. The molecule has 32 heavy (non-hydrogen) atoms. The molecule has 0 saturated carbocycles. The Balaban J connectivity index is 1.49. The summed E-state index contributed by atoms with van der Waals surface area (Å²) in [7, 11) is 1.54. The third-order valence-electron chi connectivity index (χ3n) is 5.38. The number of benzene rings is 1. The number of ether oxygens (including phenoxy) is 1. The van der Waals surface area contributed by atoms with Crippen molar-refractivity contribution in [1.82, 2.24) is 29.5 Å². The molecule has 166 valence electrons. The van der Waals surface area contributed by atoms with Crippen molar-refractivity contribution < 1.29 is 14.3 Å². The molecule has 3 heterocycles. The van der Waals surface area contributed by atoms with Crippen molar-refractivity contribution in [2.24, 2.45) is 0 Å². The minimum atomic E-state index is -0.620. The summed E-state index contributed by atoms with van der Waals surface area (Å²) in [6.45, 7) is 4.91. The fourth-order valence-electron chi connectivity index (χ4n) is 3.75. The number of halogens is 1. The Kier molecular flexibility index (Phi) is 5.84. The first kappa shape index (κ1) is 21.8. The Morgan fingerprint density at radius 3 is 2.62 bits per heavy atom. The second-order valence-corrected chi connectivity index (χ2v) is 8.51. The molecule has 1 aliphatic heterocycles. The van der Waals surface area contributed by atoms with E-state index in [2.05, 4.69) is 15.1 Å².